The maximum Gasteiger partial charge on any atom is 0.293 e. The second kappa shape index (κ2) is 5.90. The van der Waals surface area contributed by atoms with Gasteiger partial charge in [0, 0.05) is 18.2 Å². The molecule has 20 heavy (non-hydrogen) atoms. The Morgan fingerprint density at radius 2 is 2.25 bits per heavy atom. The Kier molecular flexibility index (Phi) is 4.22. The standard InChI is InChI=1S/C14H19N3O3/c1-9-3-2-4-11(9)8-16-12-6-5-10(14(15)18)7-13(12)17(19)20/h5-7,9,11,16H,2-4,8H2,1H3,(H2,15,18). The van der Waals surface area contributed by atoms with E-state index in [4.69, 9.17) is 5.73 Å². The number of primary amides is 1. The van der Waals surface area contributed by atoms with Gasteiger partial charge in [0.1, 0.15) is 5.69 Å². The van der Waals surface area contributed by atoms with E-state index in [-0.39, 0.29) is 11.3 Å². The highest BCUT2D eigenvalue weighted by atomic mass is 16.6. The summed E-state index contributed by atoms with van der Waals surface area (Å²) >= 11 is 0. The number of hydrogen-bond donors (Lipinski definition) is 2. The number of benzene rings is 1. The average Bonchev–Trinajstić information content (AvgIpc) is 2.81. The average molecular weight is 277 g/mol. The molecule has 1 fully saturated rings. The molecule has 1 aromatic rings. The Balaban J connectivity index is 2.14. The second-order valence-corrected chi connectivity index (χ2v) is 5.40. The van der Waals surface area contributed by atoms with Crippen LogP contribution in [0.2, 0.25) is 0 Å². The van der Waals surface area contributed by atoms with Crippen LogP contribution in [0.15, 0.2) is 18.2 Å². The number of nitrogens with zero attached hydrogens (tertiary/aromatic N) is 1. The van der Waals surface area contributed by atoms with Gasteiger partial charge in [0.25, 0.3) is 5.69 Å². The van der Waals surface area contributed by atoms with E-state index in [0.717, 1.165) is 13.0 Å². The highest BCUT2D eigenvalue weighted by molar-refractivity contribution is 5.94. The molecule has 0 radical (unpaired) electrons. The first kappa shape index (κ1) is 14.3. The van der Waals surface area contributed by atoms with Crippen LogP contribution in [0.3, 0.4) is 0 Å². The molecule has 0 aromatic heterocycles. The highest BCUT2D eigenvalue weighted by Gasteiger charge is 2.24. The molecular weight excluding hydrogens is 258 g/mol. The van der Waals surface area contributed by atoms with E-state index in [1.54, 1.807) is 6.07 Å². The van der Waals surface area contributed by atoms with Crippen molar-refractivity contribution in [2.45, 2.75) is 26.2 Å². The topological polar surface area (TPSA) is 98.3 Å². The first-order valence-corrected chi connectivity index (χ1v) is 6.81. The third-order valence-corrected chi connectivity index (χ3v) is 4.07. The first-order valence-electron chi connectivity index (χ1n) is 6.81. The van der Waals surface area contributed by atoms with E-state index < -0.39 is 10.8 Å². The predicted octanol–water partition coefficient (Wildman–Crippen LogP) is 2.54. The number of amides is 1. The van der Waals surface area contributed by atoms with Crippen LogP contribution in [0.25, 0.3) is 0 Å². The molecule has 1 saturated carbocycles. The lowest BCUT2D eigenvalue weighted by Gasteiger charge is -2.16. The molecule has 0 bridgehead atoms. The number of carbonyl (C=O) groups is 1. The minimum absolute atomic E-state index is 0.105. The molecule has 2 unspecified atom stereocenters. The van der Waals surface area contributed by atoms with Crippen LogP contribution in [0, 0.1) is 22.0 Å². The van der Waals surface area contributed by atoms with Gasteiger partial charge in [0.15, 0.2) is 0 Å². The summed E-state index contributed by atoms with van der Waals surface area (Å²) in [5.41, 5.74) is 5.63. The Hall–Kier alpha value is -2.11. The van der Waals surface area contributed by atoms with E-state index in [0.29, 0.717) is 17.5 Å². The van der Waals surface area contributed by atoms with Crippen molar-refractivity contribution in [2.75, 3.05) is 11.9 Å². The number of rotatable bonds is 5. The lowest BCUT2D eigenvalue weighted by molar-refractivity contribution is -0.384. The molecular formula is C14H19N3O3. The quantitative estimate of drug-likeness (QED) is 0.638. The van der Waals surface area contributed by atoms with Gasteiger partial charge < -0.3 is 11.1 Å². The van der Waals surface area contributed by atoms with E-state index in [9.17, 15) is 14.9 Å². The molecule has 2 atom stereocenters. The number of nitro groups is 1. The number of nitrogens with one attached hydrogen (secondary N) is 1. The molecule has 6 nitrogen and oxygen atoms in total. The van der Waals surface area contributed by atoms with Crippen molar-refractivity contribution in [3.63, 3.8) is 0 Å². The minimum Gasteiger partial charge on any atom is -0.379 e. The van der Waals surface area contributed by atoms with Gasteiger partial charge in [0.2, 0.25) is 5.91 Å². The summed E-state index contributed by atoms with van der Waals surface area (Å²) in [6, 6.07) is 4.29. The molecule has 3 N–H and O–H groups in total. The van der Waals surface area contributed by atoms with Crippen molar-refractivity contribution in [1.29, 1.82) is 0 Å². The van der Waals surface area contributed by atoms with Crippen LogP contribution >= 0.6 is 0 Å². The Morgan fingerprint density at radius 1 is 1.50 bits per heavy atom. The van der Waals surface area contributed by atoms with Crippen LogP contribution in [-0.2, 0) is 0 Å². The molecule has 0 heterocycles. The van der Waals surface area contributed by atoms with Gasteiger partial charge in [-0.2, -0.15) is 0 Å². The van der Waals surface area contributed by atoms with Gasteiger partial charge in [-0.1, -0.05) is 19.8 Å². The summed E-state index contributed by atoms with van der Waals surface area (Å²) in [6.07, 6.45) is 3.59. The molecule has 2 rings (SSSR count). The van der Waals surface area contributed by atoms with Crippen molar-refractivity contribution < 1.29 is 9.72 Å². The number of nitro benzene ring substituents is 1. The summed E-state index contributed by atoms with van der Waals surface area (Å²) in [4.78, 5) is 21.7. The maximum atomic E-state index is 11.1. The number of carbonyl (C=O) groups excluding carboxylic acids is 1. The fourth-order valence-corrected chi connectivity index (χ4v) is 2.75. The monoisotopic (exact) mass is 277 g/mol. The van der Waals surface area contributed by atoms with Gasteiger partial charge >= 0.3 is 0 Å². The van der Waals surface area contributed by atoms with Crippen LogP contribution in [0.5, 0.6) is 0 Å². The van der Waals surface area contributed by atoms with E-state index in [1.165, 1.54) is 25.0 Å². The van der Waals surface area contributed by atoms with Crippen molar-refractivity contribution >= 4 is 17.3 Å². The SMILES string of the molecule is CC1CCCC1CNc1ccc(C(N)=O)cc1[N+](=O)[O-]. The molecule has 108 valence electrons. The van der Waals surface area contributed by atoms with Gasteiger partial charge in [-0.3, -0.25) is 14.9 Å². The second-order valence-electron chi connectivity index (χ2n) is 5.40. The largest absolute Gasteiger partial charge is 0.379 e. The molecule has 0 saturated heterocycles. The van der Waals surface area contributed by atoms with Crippen LogP contribution in [0.1, 0.15) is 36.5 Å². The van der Waals surface area contributed by atoms with Crippen LogP contribution in [0.4, 0.5) is 11.4 Å². The summed E-state index contributed by atoms with van der Waals surface area (Å²) in [5, 5.41) is 14.2. The first-order chi connectivity index (χ1) is 9.49. The Labute approximate surface area is 117 Å². The van der Waals surface area contributed by atoms with Gasteiger partial charge in [0.05, 0.1) is 4.92 Å². The molecule has 1 aliphatic rings. The third kappa shape index (κ3) is 3.07. The van der Waals surface area contributed by atoms with Crippen molar-refractivity contribution in [2.24, 2.45) is 17.6 Å². The maximum absolute atomic E-state index is 11.1. The van der Waals surface area contributed by atoms with E-state index >= 15 is 0 Å². The molecule has 1 aliphatic carbocycles. The van der Waals surface area contributed by atoms with Crippen LogP contribution < -0.4 is 11.1 Å². The summed E-state index contributed by atoms with van der Waals surface area (Å²) in [5.74, 6) is 0.529. The highest BCUT2D eigenvalue weighted by Crippen LogP contribution is 2.32. The molecule has 1 amide bonds. The zero-order valence-corrected chi connectivity index (χ0v) is 11.5. The van der Waals surface area contributed by atoms with Crippen molar-refractivity contribution in [3.8, 4) is 0 Å². The summed E-state index contributed by atoms with van der Waals surface area (Å²) in [6.45, 7) is 2.93. The number of anilines is 1. The molecule has 0 spiro atoms. The van der Waals surface area contributed by atoms with Gasteiger partial charge in [-0.15, -0.1) is 0 Å². The van der Waals surface area contributed by atoms with E-state index in [1.807, 2.05) is 0 Å². The molecule has 1 aromatic carbocycles. The zero-order chi connectivity index (χ0) is 14.7. The third-order valence-electron chi connectivity index (χ3n) is 4.07. The normalized spacial score (nSPS) is 21.6. The van der Waals surface area contributed by atoms with Gasteiger partial charge in [-0.25, -0.2) is 0 Å². The lowest BCUT2D eigenvalue weighted by Crippen LogP contribution is -2.17. The van der Waals surface area contributed by atoms with Crippen LogP contribution in [-0.4, -0.2) is 17.4 Å². The summed E-state index contributed by atoms with van der Waals surface area (Å²) in [7, 11) is 0. The summed E-state index contributed by atoms with van der Waals surface area (Å²) < 4.78 is 0. The van der Waals surface area contributed by atoms with E-state index in [2.05, 4.69) is 12.2 Å². The number of hydrogen-bond acceptors (Lipinski definition) is 4. The lowest BCUT2D eigenvalue weighted by atomic mass is 9.98. The smallest absolute Gasteiger partial charge is 0.293 e. The number of nitrogens with two attached hydrogens (primary N) is 1. The van der Waals surface area contributed by atoms with Crippen molar-refractivity contribution in [3.05, 3.63) is 33.9 Å². The Bertz CT molecular complexity index is 530. The molecule has 6 heteroatoms. The minimum atomic E-state index is -0.663. The van der Waals surface area contributed by atoms with Gasteiger partial charge in [-0.05, 0) is 30.4 Å². The predicted molar refractivity (Wildman–Crippen MR) is 76.6 cm³/mol. The Morgan fingerprint density at radius 3 is 2.80 bits per heavy atom. The molecule has 0 aliphatic heterocycles. The fraction of sp³-hybridized carbons (Fsp3) is 0.500. The fourth-order valence-electron chi connectivity index (χ4n) is 2.75. The zero-order valence-electron chi connectivity index (χ0n) is 11.5. The van der Waals surface area contributed by atoms with Crippen molar-refractivity contribution in [1.82, 2.24) is 0 Å².